The molecule has 0 radical (unpaired) electrons. The quantitative estimate of drug-likeness (QED) is 0.356. The summed E-state index contributed by atoms with van der Waals surface area (Å²) in [6.07, 6.45) is 0. The molecular weight excluding hydrogens is 333 g/mol. The Balaban J connectivity index is 2.93. The molecule has 0 aliphatic heterocycles. The summed E-state index contributed by atoms with van der Waals surface area (Å²) in [4.78, 5) is 11.5. The van der Waals surface area contributed by atoms with Crippen molar-refractivity contribution in [1.82, 2.24) is 0 Å². The van der Waals surface area contributed by atoms with E-state index in [0.717, 1.165) is 7.11 Å². The number of hydrogen-bond acceptors (Lipinski definition) is 2. The molecule has 0 fully saturated rings. The van der Waals surface area contributed by atoms with E-state index in [1.165, 1.54) is 0 Å². The lowest BCUT2D eigenvalue weighted by Gasteiger charge is -2.12. The topological polar surface area (TPSA) is 26.3 Å². The van der Waals surface area contributed by atoms with Gasteiger partial charge in [-0.15, -0.1) is 0 Å². The molecule has 0 aliphatic carbocycles. The fourth-order valence-electron chi connectivity index (χ4n) is 1.87. The van der Waals surface area contributed by atoms with Crippen LogP contribution >= 0.6 is 0 Å². The number of carbonyl (C=O) groups excluding carboxylic acids is 1. The van der Waals surface area contributed by atoms with Crippen molar-refractivity contribution >= 4 is 5.97 Å². The summed E-state index contributed by atoms with van der Waals surface area (Å²) < 4.78 is 97.8. The van der Waals surface area contributed by atoms with Gasteiger partial charge in [0.1, 0.15) is 0 Å². The maximum absolute atomic E-state index is 13.8. The first-order valence-corrected chi connectivity index (χ1v) is 5.79. The van der Waals surface area contributed by atoms with E-state index in [9.17, 15) is 35.5 Å². The van der Waals surface area contributed by atoms with E-state index in [-0.39, 0.29) is 12.1 Å². The summed E-state index contributed by atoms with van der Waals surface area (Å²) in [5, 5.41) is 0. The number of methoxy groups -OCH3 is 1. The lowest BCUT2D eigenvalue weighted by Crippen LogP contribution is -2.10. The van der Waals surface area contributed by atoms with Crippen LogP contribution < -0.4 is 0 Å². The van der Waals surface area contributed by atoms with Crippen LogP contribution in [0.2, 0.25) is 0 Å². The Bertz CT molecular complexity index is 788. The number of halogens is 7. The Morgan fingerprint density at radius 2 is 1.22 bits per heavy atom. The van der Waals surface area contributed by atoms with Gasteiger partial charge in [-0.2, -0.15) is 0 Å². The molecule has 0 aliphatic rings. The average Bonchev–Trinajstić information content (AvgIpc) is 2.53. The summed E-state index contributed by atoms with van der Waals surface area (Å²) >= 11 is 0. The first kappa shape index (κ1) is 16.8. The van der Waals surface area contributed by atoms with E-state index >= 15 is 0 Å². The predicted octanol–water partition coefficient (Wildman–Crippen LogP) is 4.11. The maximum Gasteiger partial charge on any atom is 0.338 e. The normalized spacial score (nSPS) is 10.8. The zero-order chi connectivity index (χ0) is 17.5. The molecular formula is C14H5F7O2. The van der Waals surface area contributed by atoms with E-state index in [0.29, 0.717) is 0 Å². The van der Waals surface area contributed by atoms with E-state index in [2.05, 4.69) is 4.74 Å². The minimum atomic E-state index is -2.43. The molecule has 0 aromatic heterocycles. The van der Waals surface area contributed by atoms with Crippen molar-refractivity contribution in [3.63, 3.8) is 0 Å². The molecule has 0 unspecified atom stereocenters. The van der Waals surface area contributed by atoms with Crippen molar-refractivity contribution in [2.75, 3.05) is 7.11 Å². The number of ether oxygens (including phenoxy) is 1. The van der Waals surface area contributed by atoms with Crippen LogP contribution in [0.3, 0.4) is 0 Å². The Labute approximate surface area is 124 Å². The van der Waals surface area contributed by atoms with E-state index in [4.69, 9.17) is 0 Å². The second kappa shape index (κ2) is 5.90. The molecule has 0 saturated heterocycles. The first-order valence-electron chi connectivity index (χ1n) is 5.79. The van der Waals surface area contributed by atoms with E-state index in [1.807, 2.05) is 0 Å². The molecule has 0 N–H and O–H groups in total. The molecule has 0 spiro atoms. The molecule has 2 aromatic rings. The van der Waals surface area contributed by atoms with Crippen molar-refractivity contribution < 1.29 is 40.3 Å². The minimum Gasteiger partial charge on any atom is -0.465 e. The van der Waals surface area contributed by atoms with Gasteiger partial charge in [0.05, 0.1) is 18.2 Å². The summed E-state index contributed by atoms with van der Waals surface area (Å²) in [6, 6.07) is 0.369. The Kier molecular flexibility index (Phi) is 4.31. The van der Waals surface area contributed by atoms with Gasteiger partial charge in [0.2, 0.25) is 5.82 Å². The molecule has 0 heterocycles. The van der Waals surface area contributed by atoms with Gasteiger partial charge in [0.15, 0.2) is 34.9 Å². The molecule has 2 rings (SSSR count). The molecule has 2 aromatic carbocycles. The SMILES string of the molecule is COC(=O)c1cc(F)c(F)cc1-c1c(F)c(F)c(F)c(F)c1F. The standard InChI is InChI=1S/C14H5F7O2/c1-23-14(22)5-3-7(16)6(15)2-4(5)8-9(17)11(19)13(21)12(20)10(8)18/h2-3H,1H3. The Morgan fingerprint density at radius 3 is 1.70 bits per heavy atom. The van der Waals surface area contributed by atoms with Gasteiger partial charge in [-0.3, -0.25) is 0 Å². The molecule has 9 heteroatoms. The highest BCUT2D eigenvalue weighted by Gasteiger charge is 2.30. The smallest absolute Gasteiger partial charge is 0.338 e. The average molecular weight is 338 g/mol. The van der Waals surface area contributed by atoms with Crippen molar-refractivity contribution in [2.24, 2.45) is 0 Å². The summed E-state index contributed by atoms with van der Waals surface area (Å²) in [5.41, 5.74) is -3.51. The van der Waals surface area contributed by atoms with Gasteiger partial charge < -0.3 is 4.74 Å². The predicted molar refractivity (Wildman–Crippen MR) is 62.9 cm³/mol. The number of hydrogen-bond donors (Lipinski definition) is 0. The fraction of sp³-hybridized carbons (Fsp3) is 0.0714. The third-order valence-electron chi connectivity index (χ3n) is 2.94. The van der Waals surface area contributed by atoms with Gasteiger partial charge in [0, 0.05) is 5.56 Å². The largest absolute Gasteiger partial charge is 0.465 e. The highest BCUT2D eigenvalue weighted by Crippen LogP contribution is 2.34. The lowest BCUT2D eigenvalue weighted by molar-refractivity contribution is 0.0601. The maximum atomic E-state index is 13.8. The number of benzene rings is 2. The third-order valence-corrected chi connectivity index (χ3v) is 2.94. The van der Waals surface area contributed by atoms with Gasteiger partial charge in [-0.25, -0.2) is 35.5 Å². The number of rotatable bonds is 2. The van der Waals surface area contributed by atoms with Crippen LogP contribution in [0.5, 0.6) is 0 Å². The molecule has 23 heavy (non-hydrogen) atoms. The van der Waals surface area contributed by atoms with Crippen LogP contribution in [0.25, 0.3) is 11.1 Å². The van der Waals surface area contributed by atoms with Gasteiger partial charge in [-0.05, 0) is 12.1 Å². The highest BCUT2D eigenvalue weighted by atomic mass is 19.2. The summed E-state index contributed by atoms with van der Waals surface area (Å²) in [5.74, 6) is -16.2. The van der Waals surface area contributed by atoms with Crippen LogP contribution in [-0.2, 0) is 4.74 Å². The number of esters is 1. The van der Waals surface area contributed by atoms with Crippen molar-refractivity contribution in [3.8, 4) is 11.1 Å². The zero-order valence-electron chi connectivity index (χ0n) is 11.1. The van der Waals surface area contributed by atoms with Crippen LogP contribution in [0.15, 0.2) is 12.1 Å². The third kappa shape index (κ3) is 2.62. The molecule has 0 atom stereocenters. The lowest BCUT2D eigenvalue weighted by atomic mass is 9.97. The summed E-state index contributed by atoms with van der Waals surface area (Å²) in [6.45, 7) is 0. The van der Waals surface area contributed by atoms with Crippen molar-refractivity contribution in [3.05, 3.63) is 58.4 Å². The van der Waals surface area contributed by atoms with Crippen LogP contribution in [0, 0.1) is 40.7 Å². The fourth-order valence-corrected chi connectivity index (χ4v) is 1.87. The molecule has 122 valence electrons. The second-order valence-electron chi connectivity index (χ2n) is 4.25. The highest BCUT2D eigenvalue weighted by molar-refractivity contribution is 5.97. The van der Waals surface area contributed by atoms with E-state index < -0.39 is 63.4 Å². The second-order valence-corrected chi connectivity index (χ2v) is 4.25. The minimum absolute atomic E-state index is 0.139. The molecule has 0 amide bonds. The molecule has 0 saturated carbocycles. The van der Waals surface area contributed by atoms with Gasteiger partial charge >= 0.3 is 5.97 Å². The van der Waals surface area contributed by atoms with E-state index in [1.54, 1.807) is 0 Å². The first-order chi connectivity index (χ1) is 10.7. The Morgan fingerprint density at radius 1 is 0.783 bits per heavy atom. The van der Waals surface area contributed by atoms with Crippen molar-refractivity contribution in [2.45, 2.75) is 0 Å². The van der Waals surface area contributed by atoms with Crippen molar-refractivity contribution in [1.29, 1.82) is 0 Å². The summed E-state index contributed by atoms with van der Waals surface area (Å²) in [7, 11) is 0.825. The van der Waals surface area contributed by atoms with Crippen LogP contribution in [0.4, 0.5) is 30.7 Å². The Hall–Kier alpha value is -2.58. The number of carbonyl (C=O) groups is 1. The van der Waals surface area contributed by atoms with Crippen LogP contribution in [-0.4, -0.2) is 13.1 Å². The zero-order valence-corrected chi connectivity index (χ0v) is 11.1. The van der Waals surface area contributed by atoms with Gasteiger partial charge in [0.25, 0.3) is 0 Å². The molecule has 0 bridgehead atoms. The van der Waals surface area contributed by atoms with Gasteiger partial charge in [-0.1, -0.05) is 0 Å². The molecule has 2 nitrogen and oxygen atoms in total. The monoisotopic (exact) mass is 338 g/mol. The van der Waals surface area contributed by atoms with Crippen LogP contribution in [0.1, 0.15) is 10.4 Å².